The van der Waals surface area contributed by atoms with Crippen molar-refractivity contribution in [3.8, 4) is 0 Å². The number of anilines is 2. The van der Waals surface area contributed by atoms with E-state index in [9.17, 15) is 25.2 Å². The summed E-state index contributed by atoms with van der Waals surface area (Å²) >= 11 is 0. The lowest BCUT2D eigenvalue weighted by molar-refractivity contribution is -0.207. The Morgan fingerprint density at radius 3 is 2.29 bits per heavy atom. The first-order chi connectivity index (χ1) is 28.0. The number of aliphatic hydroxyl groups excluding tert-OH is 4. The second-order valence-corrected chi connectivity index (χ2v) is 18.6. The molecule has 4 aromatic rings. The highest BCUT2D eigenvalue weighted by Gasteiger charge is 2.65. The largest absolute Gasteiger partial charge is 0.393 e. The number of aromatic nitrogens is 2. The standard InChI is InChI=1S/C49H62N4O5/c1-30(35-20-21-36-44-37(29-41(56)49(35,36)3)48(2)24-23-33(54)27-32(48)28-40(44)55)19-22-43(57)52-38-16-8-7-15-34(38)46(53-42-18-10-12-26-51-42)45(39-17-9-11-25-50-39)47(58)31-13-5-4-6-14-31/h4-18,25-26,30,32-33,35-37,40-41,44-47,54-56,58H,19-24,27-29H2,1-3H3,(H,51,53)(H,52,57)/t30?,32?,33?,35?,36?,37?,40?,41-,44?,45?,46?,47?,48-,49+/m0/s1. The number of nitrogens with one attached hydrogen (secondary N) is 2. The molecule has 0 radical (unpaired) electrons. The van der Waals surface area contributed by atoms with E-state index in [4.69, 9.17) is 4.98 Å². The van der Waals surface area contributed by atoms with Gasteiger partial charge in [-0.15, -0.1) is 0 Å². The summed E-state index contributed by atoms with van der Waals surface area (Å²) in [6.07, 6.45) is 8.30. The van der Waals surface area contributed by atoms with E-state index in [1.807, 2.05) is 91.0 Å². The highest BCUT2D eigenvalue weighted by molar-refractivity contribution is 5.91. The molecule has 6 N–H and O–H groups in total. The molecule has 58 heavy (non-hydrogen) atoms. The highest BCUT2D eigenvalue weighted by atomic mass is 16.3. The molecule has 9 heteroatoms. The minimum absolute atomic E-state index is 0.0346. The van der Waals surface area contributed by atoms with E-state index in [0.29, 0.717) is 42.4 Å². The number of aliphatic hydroxyl groups is 4. The third-order valence-corrected chi connectivity index (χ3v) is 15.8. The van der Waals surface area contributed by atoms with Gasteiger partial charge in [0, 0.05) is 30.2 Å². The Kier molecular flexibility index (Phi) is 11.8. The zero-order valence-electron chi connectivity index (χ0n) is 34.2. The number of hydrogen-bond acceptors (Lipinski definition) is 8. The molecule has 8 rings (SSSR count). The molecular weight excluding hydrogens is 725 g/mol. The van der Waals surface area contributed by atoms with E-state index in [2.05, 4.69) is 36.4 Å². The highest BCUT2D eigenvalue weighted by Crippen LogP contribution is 2.68. The fraction of sp³-hybridized carbons (Fsp3) is 0.531. The van der Waals surface area contributed by atoms with Gasteiger partial charge in [0.1, 0.15) is 5.82 Å². The van der Waals surface area contributed by atoms with Gasteiger partial charge in [-0.05, 0) is 139 Å². The Bertz CT molecular complexity index is 1990. The zero-order chi connectivity index (χ0) is 40.6. The minimum Gasteiger partial charge on any atom is -0.393 e. The van der Waals surface area contributed by atoms with Gasteiger partial charge in [0.2, 0.25) is 5.91 Å². The van der Waals surface area contributed by atoms with Gasteiger partial charge in [0.05, 0.1) is 36.4 Å². The van der Waals surface area contributed by atoms with E-state index in [1.165, 1.54) is 0 Å². The fourth-order valence-electron chi connectivity index (χ4n) is 12.7. The van der Waals surface area contributed by atoms with E-state index >= 15 is 0 Å². The van der Waals surface area contributed by atoms with Crippen LogP contribution in [0.25, 0.3) is 0 Å². The van der Waals surface area contributed by atoms with Gasteiger partial charge >= 0.3 is 0 Å². The first-order valence-corrected chi connectivity index (χ1v) is 21.7. The summed E-state index contributed by atoms with van der Waals surface area (Å²) in [6.45, 7) is 6.88. The molecule has 4 aliphatic rings. The predicted octanol–water partition coefficient (Wildman–Crippen LogP) is 8.46. The molecule has 9 nitrogen and oxygen atoms in total. The average Bonchev–Trinajstić information content (AvgIpc) is 3.60. The second kappa shape index (κ2) is 16.8. The van der Waals surface area contributed by atoms with Crippen molar-refractivity contribution >= 4 is 17.4 Å². The number of carbonyl (C=O) groups is 1. The number of pyridine rings is 2. The number of fused-ring (bicyclic) bond motifs is 5. The van der Waals surface area contributed by atoms with Crippen molar-refractivity contribution < 1.29 is 25.2 Å². The molecule has 4 fully saturated rings. The average molecular weight is 787 g/mol. The number of para-hydroxylation sites is 1. The molecular formula is C49H62N4O5. The quantitative estimate of drug-likeness (QED) is 0.0839. The van der Waals surface area contributed by atoms with Crippen LogP contribution in [0.15, 0.2) is 103 Å². The molecule has 2 heterocycles. The summed E-state index contributed by atoms with van der Waals surface area (Å²) in [5.74, 6) is 1.37. The summed E-state index contributed by atoms with van der Waals surface area (Å²) in [7, 11) is 0. The fourth-order valence-corrected chi connectivity index (χ4v) is 12.7. The van der Waals surface area contributed by atoms with Crippen LogP contribution in [0.1, 0.15) is 113 Å². The minimum atomic E-state index is -0.932. The number of nitrogens with zero attached hydrogens (tertiary/aromatic N) is 2. The number of hydrogen-bond donors (Lipinski definition) is 6. The Morgan fingerprint density at radius 2 is 1.55 bits per heavy atom. The Hall–Kier alpha value is -4.15. The van der Waals surface area contributed by atoms with Crippen LogP contribution in [-0.4, -0.2) is 54.6 Å². The summed E-state index contributed by atoms with van der Waals surface area (Å²) in [4.78, 5) is 23.3. The molecule has 0 bridgehead atoms. The van der Waals surface area contributed by atoms with Crippen LogP contribution in [0, 0.1) is 46.3 Å². The first kappa shape index (κ1) is 40.6. The Balaban J connectivity index is 1.01. The summed E-state index contributed by atoms with van der Waals surface area (Å²) in [5.41, 5.74) is 2.63. The first-order valence-electron chi connectivity index (χ1n) is 21.7. The van der Waals surface area contributed by atoms with Crippen LogP contribution >= 0.6 is 0 Å². The normalized spacial score (nSPS) is 33.7. The molecule has 308 valence electrons. The van der Waals surface area contributed by atoms with E-state index in [0.717, 1.165) is 49.7 Å². The molecule has 4 saturated carbocycles. The van der Waals surface area contributed by atoms with Crippen LogP contribution in [0.2, 0.25) is 0 Å². The van der Waals surface area contributed by atoms with Gasteiger partial charge in [-0.1, -0.05) is 81.4 Å². The molecule has 11 unspecified atom stereocenters. The van der Waals surface area contributed by atoms with Crippen molar-refractivity contribution in [3.63, 3.8) is 0 Å². The topological polar surface area (TPSA) is 148 Å². The van der Waals surface area contributed by atoms with Crippen molar-refractivity contribution in [2.24, 2.45) is 46.3 Å². The van der Waals surface area contributed by atoms with E-state index in [-0.39, 0.29) is 52.4 Å². The lowest BCUT2D eigenvalue weighted by Crippen LogP contribution is -2.62. The molecule has 2 aromatic heterocycles. The predicted molar refractivity (Wildman–Crippen MR) is 226 cm³/mol. The van der Waals surface area contributed by atoms with Crippen molar-refractivity contribution in [1.82, 2.24) is 9.97 Å². The maximum atomic E-state index is 14.0. The van der Waals surface area contributed by atoms with Crippen LogP contribution in [0.4, 0.5) is 11.5 Å². The maximum absolute atomic E-state index is 14.0. The lowest BCUT2D eigenvalue weighted by atomic mass is 9.43. The van der Waals surface area contributed by atoms with Gasteiger partial charge in [-0.3, -0.25) is 9.78 Å². The molecule has 1 amide bonds. The summed E-state index contributed by atoms with van der Waals surface area (Å²) < 4.78 is 0. The molecule has 2 aromatic carbocycles. The van der Waals surface area contributed by atoms with Crippen molar-refractivity contribution in [1.29, 1.82) is 0 Å². The summed E-state index contributed by atoms with van der Waals surface area (Å²) in [6, 6.07) is 28.2. The Morgan fingerprint density at radius 1 is 0.828 bits per heavy atom. The van der Waals surface area contributed by atoms with Crippen molar-refractivity contribution in [2.75, 3.05) is 10.6 Å². The van der Waals surface area contributed by atoms with Gasteiger partial charge in [0.25, 0.3) is 0 Å². The number of rotatable bonds is 12. The lowest BCUT2D eigenvalue weighted by Gasteiger charge is -2.63. The van der Waals surface area contributed by atoms with Crippen LogP contribution in [-0.2, 0) is 4.79 Å². The van der Waals surface area contributed by atoms with Gasteiger partial charge in [-0.2, -0.15) is 0 Å². The number of amides is 1. The molecule has 0 saturated heterocycles. The van der Waals surface area contributed by atoms with Crippen molar-refractivity contribution in [3.05, 3.63) is 120 Å². The van der Waals surface area contributed by atoms with Crippen LogP contribution < -0.4 is 10.6 Å². The zero-order valence-corrected chi connectivity index (χ0v) is 34.2. The maximum Gasteiger partial charge on any atom is 0.224 e. The number of carbonyl (C=O) groups excluding carboxylic acids is 1. The van der Waals surface area contributed by atoms with Gasteiger partial charge in [-0.25, -0.2) is 4.98 Å². The molecule has 0 spiro atoms. The summed E-state index contributed by atoms with van der Waals surface area (Å²) in [5, 5.41) is 53.3. The number of benzene rings is 2. The van der Waals surface area contributed by atoms with Gasteiger partial charge in [0.15, 0.2) is 0 Å². The van der Waals surface area contributed by atoms with Crippen LogP contribution in [0.5, 0.6) is 0 Å². The molecule has 0 aliphatic heterocycles. The second-order valence-electron chi connectivity index (χ2n) is 18.6. The molecule has 4 aliphatic carbocycles. The third-order valence-electron chi connectivity index (χ3n) is 15.8. The van der Waals surface area contributed by atoms with E-state index in [1.54, 1.807) is 12.4 Å². The van der Waals surface area contributed by atoms with Crippen LogP contribution in [0.3, 0.4) is 0 Å². The SMILES string of the molecule is CC(CCC(=O)Nc1ccccc1C(Nc1ccccn1)C(c1ccccn1)C(O)c1ccccc1)C1CCC2C3C(O)CC4CC(O)CC[C@]4(C)C3C[C@H](O)[C@]12C. The Labute approximate surface area is 343 Å². The third kappa shape index (κ3) is 7.60. The van der Waals surface area contributed by atoms with Gasteiger partial charge < -0.3 is 31.1 Å². The monoisotopic (exact) mass is 786 g/mol. The van der Waals surface area contributed by atoms with Crippen molar-refractivity contribution in [2.45, 2.75) is 115 Å². The smallest absolute Gasteiger partial charge is 0.224 e. The molecule has 14 atom stereocenters. The van der Waals surface area contributed by atoms with E-state index < -0.39 is 30.3 Å².